The van der Waals surface area contributed by atoms with Gasteiger partial charge >= 0.3 is 0 Å². The molecule has 0 radical (unpaired) electrons. The van der Waals surface area contributed by atoms with Gasteiger partial charge in [-0.05, 0) is 43.5 Å². The van der Waals surface area contributed by atoms with Crippen LogP contribution in [-0.2, 0) is 11.8 Å². The number of amides is 1. The van der Waals surface area contributed by atoms with Crippen molar-refractivity contribution >= 4 is 11.6 Å². The molecule has 3 aliphatic heterocycles. The van der Waals surface area contributed by atoms with Gasteiger partial charge in [-0.1, -0.05) is 12.1 Å². The van der Waals surface area contributed by atoms with Gasteiger partial charge < -0.3 is 10.2 Å². The van der Waals surface area contributed by atoms with Crippen molar-refractivity contribution < 1.29 is 4.79 Å². The summed E-state index contributed by atoms with van der Waals surface area (Å²) in [5.74, 6) is 1.26. The second kappa shape index (κ2) is 7.59. The highest BCUT2D eigenvalue weighted by Crippen LogP contribution is 2.42. The average molecular weight is 382 g/mol. The first kappa shape index (κ1) is 19.0. The zero-order chi connectivity index (χ0) is 19.8. The number of aromatic nitrogens is 2. The summed E-state index contributed by atoms with van der Waals surface area (Å²) in [4.78, 5) is 15.9. The number of hydrogen-bond acceptors (Lipinski definition) is 4. The van der Waals surface area contributed by atoms with Crippen LogP contribution in [0.2, 0.25) is 0 Å². The molecule has 6 nitrogen and oxygen atoms in total. The number of carbonyl (C=O) groups is 1. The maximum Gasteiger partial charge on any atom is 0.216 e. The predicted octanol–water partition coefficient (Wildman–Crippen LogP) is 2.47. The lowest BCUT2D eigenvalue weighted by Gasteiger charge is -2.49. The van der Waals surface area contributed by atoms with Crippen molar-refractivity contribution in [2.75, 3.05) is 38.6 Å². The number of anilines is 1. The van der Waals surface area contributed by atoms with Crippen molar-refractivity contribution in [3.8, 4) is 11.3 Å². The van der Waals surface area contributed by atoms with Crippen LogP contribution in [0.25, 0.3) is 11.3 Å². The van der Waals surface area contributed by atoms with Crippen LogP contribution in [0.3, 0.4) is 0 Å². The molecule has 1 unspecified atom stereocenters. The van der Waals surface area contributed by atoms with Gasteiger partial charge in [-0.15, -0.1) is 0 Å². The van der Waals surface area contributed by atoms with Gasteiger partial charge in [0.05, 0.1) is 5.69 Å². The van der Waals surface area contributed by atoms with Gasteiger partial charge in [0.15, 0.2) is 0 Å². The molecular weight excluding hydrogens is 350 g/mol. The highest BCUT2D eigenvalue weighted by atomic mass is 16.1. The number of hydrogen-bond donors (Lipinski definition) is 1. The summed E-state index contributed by atoms with van der Waals surface area (Å²) in [6.07, 6.45) is 2.39. The fourth-order valence-corrected chi connectivity index (χ4v) is 4.85. The minimum absolute atomic E-state index is 0.0655. The highest BCUT2D eigenvalue weighted by Gasteiger charge is 2.41. The molecule has 1 aromatic carbocycles. The van der Waals surface area contributed by atoms with Crippen LogP contribution >= 0.6 is 0 Å². The monoisotopic (exact) mass is 381 g/mol. The normalized spacial score (nSPS) is 26.3. The molecule has 4 atom stereocenters. The molecule has 1 aromatic heterocycles. The topological polar surface area (TPSA) is 53.4 Å². The molecule has 0 spiro atoms. The summed E-state index contributed by atoms with van der Waals surface area (Å²) in [6.45, 7) is 4.57. The lowest BCUT2D eigenvalue weighted by atomic mass is 9.74. The first-order valence-electron chi connectivity index (χ1n) is 10.2. The Balaban J connectivity index is 1.51. The number of benzene rings is 1. The van der Waals surface area contributed by atoms with E-state index in [0.29, 0.717) is 17.9 Å². The molecule has 5 rings (SSSR count). The second-order valence-corrected chi connectivity index (χ2v) is 8.50. The van der Waals surface area contributed by atoms with E-state index in [4.69, 9.17) is 5.10 Å². The van der Waals surface area contributed by atoms with E-state index >= 15 is 0 Å². The minimum atomic E-state index is 0.0655. The Hall–Kier alpha value is -2.34. The van der Waals surface area contributed by atoms with Crippen LogP contribution in [0.4, 0.5) is 5.69 Å². The summed E-state index contributed by atoms with van der Waals surface area (Å²) in [5.41, 5.74) is 4.74. The Morgan fingerprint density at radius 2 is 2.04 bits per heavy atom. The van der Waals surface area contributed by atoms with Crippen LogP contribution in [0.1, 0.15) is 31.4 Å². The van der Waals surface area contributed by atoms with Gasteiger partial charge in [-0.2, -0.15) is 5.10 Å². The standard InChI is InChI=1S/C22H31N5O/c1-15(28)23-13-19-11-17-9-10-27(19)14-20(17)22-12-21(24-26(22)4)16-5-7-18(8-6-16)25(2)3/h5-8,12,17,19-20H,9-11,13-14H2,1-4H3,(H,23,28)/t17-,19-,20+/m1/s1. The smallest absolute Gasteiger partial charge is 0.216 e. The summed E-state index contributed by atoms with van der Waals surface area (Å²) in [6, 6.07) is 11.4. The SMILES string of the molecule is CC(=O)NC[C@H]1C[C@H]2CCN1C[C@@H]2c1cc(-c2ccc(N(C)C)cc2)nn1C. The Labute approximate surface area is 167 Å². The fraction of sp³-hybridized carbons (Fsp3) is 0.545. The Morgan fingerprint density at radius 1 is 1.29 bits per heavy atom. The molecule has 2 aromatic rings. The van der Waals surface area contributed by atoms with Crippen LogP contribution in [0.15, 0.2) is 30.3 Å². The van der Waals surface area contributed by atoms with E-state index < -0.39 is 0 Å². The summed E-state index contributed by atoms with van der Waals surface area (Å²) in [5, 5.41) is 7.82. The maximum atomic E-state index is 11.3. The third-order valence-electron chi connectivity index (χ3n) is 6.44. The summed E-state index contributed by atoms with van der Waals surface area (Å²) >= 11 is 0. The van der Waals surface area contributed by atoms with Crippen molar-refractivity contribution in [2.45, 2.75) is 31.7 Å². The lowest BCUT2D eigenvalue weighted by Crippen LogP contribution is -2.56. The predicted molar refractivity (Wildman–Crippen MR) is 112 cm³/mol. The van der Waals surface area contributed by atoms with Gasteiger partial charge in [0.25, 0.3) is 0 Å². The van der Waals surface area contributed by atoms with E-state index in [2.05, 4.69) is 71.3 Å². The molecule has 3 aliphatic rings. The van der Waals surface area contributed by atoms with E-state index in [1.807, 2.05) is 0 Å². The number of piperidine rings is 3. The minimum Gasteiger partial charge on any atom is -0.378 e. The molecule has 3 saturated heterocycles. The summed E-state index contributed by atoms with van der Waals surface area (Å²) < 4.78 is 2.07. The van der Waals surface area contributed by atoms with Crippen LogP contribution < -0.4 is 10.2 Å². The van der Waals surface area contributed by atoms with Gasteiger partial charge in [-0.3, -0.25) is 14.4 Å². The zero-order valence-electron chi connectivity index (χ0n) is 17.4. The number of carbonyl (C=O) groups excluding carboxylic acids is 1. The van der Waals surface area contributed by atoms with Crippen molar-refractivity contribution in [1.29, 1.82) is 0 Å². The molecule has 4 heterocycles. The first-order chi connectivity index (χ1) is 13.4. The fourth-order valence-electron chi connectivity index (χ4n) is 4.85. The Morgan fingerprint density at radius 3 is 2.64 bits per heavy atom. The van der Waals surface area contributed by atoms with Crippen molar-refractivity contribution in [3.63, 3.8) is 0 Å². The van der Waals surface area contributed by atoms with Gasteiger partial charge in [0.2, 0.25) is 5.91 Å². The zero-order valence-corrected chi connectivity index (χ0v) is 17.4. The number of nitrogens with one attached hydrogen (secondary N) is 1. The molecular formula is C22H31N5O. The molecule has 3 fully saturated rings. The van der Waals surface area contributed by atoms with E-state index in [9.17, 15) is 4.79 Å². The highest BCUT2D eigenvalue weighted by molar-refractivity contribution is 5.72. The number of nitrogens with zero attached hydrogens (tertiary/aromatic N) is 4. The molecule has 0 aliphatic carbocycles. The third kappa shape index (κ3) is 3.65. The van der Waals surface area contributed by atoms with Gasteiger partial charge in [0, 0.05) is 70.1 Å². The van der Waals surface area contributed by atoms with Crippen molar-refractivity contribution in [1.82, 2.24) is 20.0 Å². The van der Waals surface area contributed by atoms with Crippen LogP contribution in [0.5, 0.6) is 0 Å². The Bertz CT molecular complexity index is 841. The quantitative estimate of drug-likeness (QED) is 0.865. The molecule has 6 heteroatoms. The second-order valence-electron chi connectivity index (χ2n) is 8.50. The molecule has 28 heavy (non-hydrogen) atoms. The largest absolute Gasteiger partial charge is 0.378 e. The van der Waals surface area contributed by atoms with E-state index in [1.54, 1.807) is 6.92 Å². The Kier molecular flexibility index (Phi) is 5.15. The van der Waals surface area contributed by atoms with E-state index in [1.165, 1.54) is 17.8 Å². The molecule has 150 valence electrons. The third-order valence-corrected chi connectivity index (χ3v) is 6.44. The van der Waals surface area contributed by atoms with E-state index in [0.717, 1.165) is 37.3 Å². The molecule has 0 saturated carbocycles. The maximum absolute atomic E-state index is 11.3. The molecule has 1 amide bonds. The number of aryl methyl sites for hydroxylation is 1. The average Bonchev–Trinajstić information content (AvgIpc) is 3.08. The number of rotatable bonds is 5. The van der Waals surface area contributed by atoms with Crippen LogP contribution in [-0.4, -0.2) is 60.4 Å². The van der Waals surface area contributed by atoms with Gasteiger partial charge in [0.1, 0.15) is 0 Å². The van der Waals surface area contributed by atoms with Crippen molar-refractivity contribution in [3.05, 3.63) is 36.0 Å². The van der Waals surface area contributed by atoms with Crippen LogP contribution in [0, 0.1) is 5.92 Å². The molecule has 2 bridgehead atoms. The van der Waals surface area contributed by atoms with E-state index in [-0.39, 0.29) is 5.91 Å². The first-order valence-corrected chi connectivity index (χ1v) is 10.2. The summed E-state index contributed by atoms with van der Waals surface area (Å²) in [7, 11) is 6.18. The molecule has 1 N–H and O–H groups in total. The van der Waals surface area contributed by atoms with Crippen molar-refractivity contribution in [2.24, 2.45) is 13.0 Å². The number of fused-ring (bicyclic) bond motifs is 3. The lowest BCUT2D eigenvalue weighted by molar-refractivity contribution is -0.119. The van der Waals surface area contributed by atoms with Gasteiger partial charge in [-0.25, -0.2) is 0 Å².